The fourth-order valence-electron chi connectivity index (χ4n) is 3.82. The van der Waals surface area contributed by atoms with Crippen molar-refractivity contribution in [3.05, 3.63) is 70.2 Å². The number of nitriles is 1. The number of benzene rings is 1. The highest BCUT2D eigenvalue weighted by molar-refractivity contribution is 5.96. The molecule has 3 aromatic rings. The molecular weight excluding hydrogens is 364 g/mol. The van der Waals surface area contributed by atoms with Crippen LogP contribution in [-0.2, 0) is 0 Å². The molecule has 0 bridgehead atoms. The van der Waals surface area contributed by atoms with Gasteiger partial charge in [-0.05, 0) is 57.4 Å². The quantitative estimate of drug-likeness (QED) is 0.661. The Kier molecular flexibility index (Phi) is 4.89. The first-order valence-electron chi connectivity index (χ1n) is 9.71. The van der Waals surface area contributed by atoms with Crippen molar-refractivity contribution < 1.29 is 9.32 Å². The number of hydrogen-bond acceptors (Lipinski definition) is 5. The molecule has 1 saturated heterocycles. The van der Waals surface area contributed by atoms with Gasteiger partial charge in [0.05, 0.1) is 23.0 Å². The van der Waals surface area contributed by atoms with Gasteiger partial charge in [-0.1, -0.05) is 17.3 Å². The minimum atomic E-state index is -0.0956. The van der Waals surface area contributed by atoms with Crippen molar-refractivity contribution in [1.82, 2.24) is 15.0 Å². The monoisotopic (exact) mass is 386 g/mol. The number of carbonyl (C=O) groups is 1. The Morgan fingerprint density at radius 2 is 2.07 bits per heavy atom. The average Bonchev–Trinajstić information content (AvgIpc) is 3.38. The molecule has 0 N–H and O–H groups in total. The van der Waals surface area contributed by atoms with Crippen LogP contribution >= 0.6 is 0 Å². The topological polar surface area (TPSA) is 83.0 Å². The van der Waals surface area contributed by atoms with Crippen LogP contribution in [0.15, 0.2) is 40.9 Å². The standard InChI is InChI=1S/C23H22N4O2/c1-14-10-19(13-24)22(25-16(14)3)17-6-4-7-18(12-17)23(28)27-9-5-8-20(27)21-11-15(2)26-29-21/h4,6-7,10-12,20H,5,8-9H2,1-3H3/t20-/m0/s1. The predicted molar refractivity (Wildman–Crippen MR) is 108 cm³/mol. The summed E-state index contributed by atoms with van der Waals surface area (Å²) in [7, 11) is 0. The third-order valence-corrected chi connectivity index (χ3v) is 5.46. The lowest BCUT2D eigenvalue weighted by atomic mass is 10.0. The van der Waals surface area contributed by atoms with Gasteiger partial charge >= 0.3 is 0 Å². The smallest absolute Gasteiger partial charge is 0.254 e. The van der Waals surface area contributed by atoms with Gasteiger partial charge in [-0.25, -0.2) is 0 Å². The van der Waals surface area contributed by atoms with E-state index in [0.29, 0.717) is 23.4 Å². The van der Waals surface area contributed by atoms with Crippen LogP contribution in [0.1, 0.15) is 57.5 Å². The fraction of sp³-hybridized carbons (Fsp3) is 0.304. The lowest BCUT2D eigenvalue weighted by Crippen LogP contribution is -2.30. The molecule has 1 amide bonds. The van der Waals surface area contributed by atoms with E-state index in [1.165, 1.54) is 0 Å². The Bertz CT molecular complexity index is 1130. The van der Waals surface area contributed by atoms with E-state index in [9.17, 15) is 10.1 Å². The van der Waals surface area contributed by atoms with E-state index >= 15 is 0 Å². The molecule has 29 heavy (non-hydrogen) atoms. The van der Waals surface area contributed by atoms with Crippen molar-refractivity contribution in [3.63, 3.8) is 0 Å². The summed E-state index contributed by atoms with van der Waals surface area (Å²) in [5.74, 6) is 0.679. The Balaban J connectivity index is 1.68. The fourth-order valence-corrected chi connectivity index (χ4v) is 3.82. The Morgan fingerprint density at radius 3 is 2.79 bits per heavy atom. The first-order valence-corrected chi connectivity index (χ1v) is 9.71. The molecule has 1 fully saturated rings. The molecule has 4 rings (SSSR count). The van der Waals surface area contributed by atoms with Crippen molar-refractivity contribution in [1.29, 1.82) is 5.26 Å². The van der Waals surface area contributed by atoms with E-state index in [2.05, 4.69) is 16.2 Å². The van der Waals surface area contributed by atoms with Crippen molar-refractivity contribution in [2.75, 3.05) is 6.54 Å². The van der Waals surface area contributed by atoms with E-state index in [1.807, 2.05) is 56.0 Å². The molecule has 6 heteroatoms. The molecule has 146 valence electrons. The largest absolute Gasteiger partial charge is 0.359 e. The number of hydrogen-bond donors (Lipinski definition) is 0. The second kappa shape index (κ2) is 7.51. The van der Waals surface area contributed by atoms with Gasteiger partial charge in [0.1, 0.15) is 6.07 Å². The molecular formula is C23H22N4O2. The minimum Gasteiger partial charge on any atom is -0.359 e. The zero-order chi connectivity index (χ0) is 20.5. The number of pyridine rings is 1. The molecule has 0 radical (unpaired) electrons. The maximum Gasteiger partial charge on any atom is 0.254 e. The average molecular weight is 386 g/mol. The molecule has 1 aliphatic heterocycles. The van der Waals surface area contributed by atoms with Crippen LogP contribution in [0.25, 0.3) is 11.3 Å². The summed E-state index contributed by atoms with van der Waals surface area (Å²) >= 11 is 0. The van der Waals surface area contributed by atoms with Gasteiger partial charge in [0.2, 0.25) is 0 Å². The molecule has 6 nitrogen and oxygen atoms in total. The van der Waals surface area contributed by atoms with Crippen LogP contribution in [0.4, 0.5) is 0 Å². The third-order valence-electron chi connectivity index (χ3n) is 5.46. The Morgan fingerprint density at radius 1 is 1.24 bits per heavy atom. The zero-order valence-corrected chi connectivity index (χ0v) is 16.8. The van der Waals surface area contributed by atoms with Gasteiger partial charge in [-0.3, -0.25) is 9.78 Å². The summed E-state index contributed by atoms with van der Waals surface area (Å²) in [6, 6.07) is 13.2. The number of rotatable bonds is 3. The second-order valence-corrected chi connectivity index (χ2v) is 7.51. The predicted octanol–water partition coefficient (Wildman–Crippen LogP) is 4.51. The van der Waals surface area contributed by atoms with Gasteiger partial charge in [0.15, 0.2) is 5.76 Å². The molecule has 2 aromatic heterocycles. The maximum absolute atomic E-state index is 13.3. The lowest BCUT2D eigenvalue weighted by molar-refractivity contribution is 0.0714. The number of amides is 1. The van der Waals surface area contributed by atoms with Crippen molar-refractivity contribution >= 4 is 5.91 Å². The highest BCUT2D eigenvalue weighted by Gasteiger charge is 2.33. The van der Waals surface area contributed by atoms with E-state index < -0.39 is 0 Å². The molecule has 1 atom stereocenters. The van der Waals surface area contributed by atoms with Gasteiger partial charge in [-0.2, -0.15) is 5.26 Å². The van der Waals surface area contributed by atoms with Gasteiger partial charge in [0, 0.05) is 29.4 Å². The van der Waals surface area contributed by atoms with Crippen molar-refractivity contribution in [2.24, 2.45) is 0 Å². The van der Waals surface area contributed by atoms with Crippen LogP contribution in [0, 0.1) is 32.1 Å². The van der Waals surface area contributed by atoms with E-state index in [0.717, 1.165) is 41.1 Å². The Labute approximate surface area is 169 Å². The van der Waals surface area contributed by atoms with Crippen LogP contribution in [0.2, 0.25) is 0 Å². The summed E-state index contributed by atoms with van der Waals surface area (Å²) in [5, 5.41) is 13.5. The molecule has 0 spiro atoms. The first-order chi connectivity index (χ1) is 14.0. The van der Waals surface area contributed by atoms with Crippen LogP contribution < -0.4 is 0 Å². The number of likely N-dealkylation sites (tertiary alicyclic amines) is 1. The SMILES string of the molecule is Cc1cc([C@@H]2CCCN2C(=O)c2cccc(-c3nc(C)c(C)cc3C#N)c2)on1. The summed E-state index contributed by atoms with van der Waals surface area (Å²) in [6.07, 6.45) is 1.78. The number of aromatic nitrogens is 2. The number of nitrogens with zero attached hydrogens (tertiary/aromatic N) is 4. The molecule has 1 aliphatic rings. The van der Waals surface area contributed by atoms with Crippen LogP contribution in [0.3, 0.4) is 0 Å². The number of carbonyl (C=O) groups excluding carboxylic acids is 1. The minimum absolute atomic E-state index is 0.0502. The van der Waals surface area contributed by atoms with Crippen molar-refractivity contribution in [2.45, 2.75) is 39.7 Å². The van der Waals surface area contributed by atoms with Gasteiger partial charge < -0.3 is 9.42 Å². The van der Waals surface area contributed by atoms with Crippen molar-refractivity contribution in [3.8, 4) is 17.3 Å². The molecule has 0 aliphatic carbocycles. The normalized spacial score (nSPS) is 16.1. The van der Waals surface area contributed by atoms with E-state index in [-0.39, 0.29) is 11.9 Å². The highest BCUT2D eigenvalue weighted by atomic mass is 16.5. The van der Waals surface area contributed by atoms with Crippen LogP contribution in [0.5, 0.6) is 0 Å². The molecule has 1 aromatic carbocycles. The van der Waals surface area contributed by atoms with E-state index in [4.69, 9.17) is 4.52 Å². The molecule has 0 saturated carbocycles. The van der Waals surface area contributed by atoms with Gasteiger partial charge in [0.25, 0.3) is 5.91 Å². The zero-order valence-electron chi connectivity index (χ0n) is 16.8. The maximum atomic E-state index is 13.3. The van der Waals surface area contributed by atoms with Gasteiger partial charge in [-0.15, -0.1) is 0 Å². The summed E-state index contributed by atoms with van der Waals surface area (Å²) in [5.41, 5.74) is 5.11. The second-order valence-electron chi connectivity index (χ2n) is 7.51. The third kappa shape index (κ3) is 3.52. The summed E-state index contributed by atoms with van der Waals surface area (Å²) in [6.45, 7) is 6.41. The lowest BCUT2D eigenvalue weighted by Gasteiger charge is -2.23. The number of aryl methyl sites for hydroxylation is 3. The first kappa shape index (κ1) is 18.9. The molecule has 0 unspecified atom stereocenters. The summed E-state index contributed by atoms with van der Waals surface area (Å²) < 4.78 is 5.42. The Hall–Kier alpha value is -3.46. The summed E-state index contributed by atoms with van der Waals surface area (Å²) in [4.78, 5) is 19.7. The van der Waals surface area contributed by atoms with E-state index in [1.54, 1.807) is 6.07 Å². The molecule has 3 heterocycles. The van der Waals surface area contributed by atoms with Crippen LogP contribution in [-0.4, -0.2) is 27.5 Å². The highest BCUT2D eigenvalue weighted by Crippen LogP contribution is 2.34.